The number of benzene rings is 1. The maximum atomic E-state index is 3.58. The van der Waals surface area contributed by atoms with Gasteiger partial charge < -0.3 is 10.2 Å². The molecule has 0 saturated carbocycles. The molecule has 102 valence electrons. The number of nitrogens with zero attached hydrogens (tertiary/aromatic N) is 1. The molecule has 0 bridgehead atoms. The molecule has 0 spiro atoms. The molecule has 18 heavy (non-hydrogen) atoms. The van der Waals surface area contributed by atoms with Gasteiger partial charge >= 0.3 is 0 Å². The fourth-order valence-corrected chi connectivity index (χ4v) is 2.55. The molecular weight excluding hydrogens is 288 g/mol. The summed E-state index contributed by atoms with van der Waals surface area (Å²) < 4.78 is 1.19. The van der Waals surface area contributed by atoms with Crippen LogP contribution in [0.5, 0.6) is 0 Å². The molecule has 2 nitrogen and oxygen atoms in total. The Hall–Kier alpha value is -0.380. The van der Waals surface area contributed by atoms with Crippen LogP contribution in [0.3, 0.4) is 0 Å². The first-order valence-electron chi connectivity index (χ1n) is 6.54. The lowest BCUT2D eigenvalue weighted by molar-refractivity contribution is 0.224. The number of rotatable bonds is 6. The molecule has 0 aromatic heterocycles. The number of nitrogens with one attached hydrogen (secondary N) is 1. The second-order valence-corrected chi connectivity index (χ2v) is 6.34. The normalized spacial score (nSPS) is 13.3. The molecule has 0 aliphatic heterocycles. The Labute approximate surface area is 120 Å². The zero-order valence-corrected chi connectivity index (χ0v) is 13.7. The van der Waals surface area contributed by atoms with Gasteiger partial charge in [-0.25, -0.2) is 0 Å². The maximum Gasteiger partial charge on any atom is 0.0237 e. The molecule has 1 N–H and O–H groups in total. The molecule has 0 radical (unpaired) electrons. The van der Waals surface area contributed by atoms with Crippen LogP contribution in [0.2, 0.25) is 0 Å². The molecule has 1 aromatic rings. The van der Waals surface area contributed by atoms with Crippen molar-refractivity contribution in [2.75, 3.05) is 20.6 Å². The third-order valence-corrected chi connectivity index (χ3v) is 4.21. The van der Waals surface area contributed by atoms with Crippen LogP contribution in [-0.2, 0) is 6.54 Å². The highest BCUT2D eigenvalue weighted by atomic mass is 79.9. The van der Waals surface area contributed by atoms with Crippen LogP contribution in [0.15, 0.2) is 22.7 Å². The van der Waals surface area contributed by atoms with Crippen LogP contribution in [0.1, 0.15) is 25.0 Å². The molecule has 0 aliphatic rings. The molecule has 1 rings (SSSR count). The predicted octanol–water partition coefficient (Wildman–Crippen LogP) is 3.43. The molecule has 0 heterocycles. The number of likely N-dealkylation sites (N-methyl/N-ethyl adjacent to an activating group) is 1. The minimum Gasteiger partial charge on any atom is -0.311 e. The predicted molar refractivity (Wildman–Crippen MR) is 82.9 cm³/mol. The topological polar surface area (TPSA) is 15.3 Å². The summed E-state index contributed by atoms with van der Waals surface area (Å²) in [4.78, 5) is 2.29. The number of hydrogen-bond donors (Lipinski definition) is 1. The largest absolute Gasteiger partial charge is 0.311 e. The van der Waals surface area contributed by atoms with Gasteiger partial charge in [0.1, 0.15) is 0 Å². The van der Waals surface area contributed by atoms with Crippen LogP contribution in [0.4, 0.5) is 0 Å². The highest BCUT2D eigenvalue weighted by molar-refractivity contribution is 9.10. The van der Waals surface area contributed by atoms with E-state index in [1.807, 2.05) is 0 Å². The summed E-state index contributed by atoms with van der Waals surface area (Å²) in [6.45, 7) is 8.61. The molecule has 1 aromatic carbocycles. The first-order chi connectivity index (χ1) is 8.41. The van der Waals surface area contributed by atoms with Gasteiger partial charge in [-0.15, -0.1) is 0 Å². The Morgan fingerprint density at radius 3 is 2.44 bits per heavy atom. The molecule has 0 aliphatic carbocycles. The number of hydrogen-bond acceptors (Lipinski definition) is 2. The zero-order chi connectivity index (χ0) is 13.7. The van der Waals surface area contributed by atoms with Gasteiger partial charge in [0.05, 0.1) is 0 Å². The first-order valence-corrected chi connectivity index (χ1v) is 7.33. The molecular formula is C15H25BrN2. The van der Waals surface area contributed by atoms with E-state index >= 15 is 0 Å². The van der Waals surface area contributed by atoms with Crippen molar-refractivity contribution in [3.63, 3.8) is 0 Å². The van der Waals surface area contributed by atoms with Crippen molar-refractivity contribution >= 4 is 15.9 Å². The first kappa shape index (κ1) is 15.7. The fourth-order valence-electron chi connectivity index (χ4n) is 2.13. The standard InChI is InChI=1S/C15H25BrN2/c1-11(2)15(18(4)5)10-17-9-13-7-6-12(3)14(16)8-13/h6-8,11,15,17H,9-10H2,1-5H3. The summed E-state index contributed by atoms with van der Waals surface area (Å²) in [7, 11) is 4.30. The average molecular weight is 313 g/mol. The summed E-state index contributed by atoms with van der Waals surface area (Å²) in [5.74, 6) is 0.664. The van der Waals surface area contributed by atoms with E-state index in [1.54, 1.807) is 0 Å². The van der Waals surface area contributed by atoms with Gasteiger partial charge in [-0.2, -0.15) is 0 Å². The minimum absolute atomic E-state index is 0.582. The third-order valence-electron chi connectivity index (χ3n) is 3.35. The van der Waals surface area contributed by atoms with Gasteiger partial charge in [0.2, 0.25) is 0 Å². The number of aryl methyl sites for hydroxylation is 1. The lowest BCUT2D eigenvalue weighted by Crippen LogP contribution is -2.41. The van der Waals surface area contributed by atoms with Crippen molar-refractivity contribution in [3.05, 3.63) is 33.8 Å². The van der Waals surface area contributed by atoms with Crippen LogP contribution in [0, 0.1) is 12.8 Å². The van der Waals surface area contributed by atoms with E-state index in [9.17, 15) is 0 Å². The third kappa shape index (κ3) is 4.71. The Bertz CT molecular complexity index is 367. The van der Waals surface area contributed by atoms with E-state index in [2.05, 4.69) is 79.2 Å². The van der Waals surface area contributed by atoms with Gasteiger partial charge in [-0.1, -0.05) is 41.9 Å². The SMILES string of the molecule is Cc1ccc(CNCC(C(C)C)N(C)C)cc1Br. The highest BCUT2D eigenvalue weighted by Crippen LogP contribution is 2.17. The van der Waals surface area contributed by atoms with Crippen LogP contribution in [-0.4, -0.2) is 31.6 Å². The molecule has 3 heteroatoms. The second kappa shape index (κ2) is 7.27. The minimum atomic E-state index is 0.582. The molecule has 1 unspecified atom stereocenters. The van der Waals surface area contributed by atoms with E-state index in [0.29, 0.717) is 12.0 Å². The van der Waals surface area contributed by atoms with E-state index in [1.165, 1.54) is 15.6 Å². The van der Waals surface area contributed by atoms with Crippen molar-refractivity contribution in [1.29, 1.82) is 0 Å². The molecule has 0 fully saturated rings. The van der Waals surface area contributed by atoms with E-state index in [-0.39, 0.29) is 0 Å². The number of halogens is 1. The summed E-state index contributed by atoms with van der Waals surface area (Å²) in [6.07, 6.45) is 0. The second-order valence-electron chi connectivity index (χ2n) is 5.49. The average Bonchev–Trinajstić information content (AvgIpc) is 2.28. The van der Waals surface area contributed by atoms with Crippen molar-refractivity contribution in [3.8, 4) is 0 Å². The van der Waals surface area contributed by atoms with Gasteiger partial charge in [0, 0.05) is 23.6 Å². The smallest absolute Gasteiger partial charge is 0.0237 e. The lowest BCUT2D eigenvalue weighted by atomic mass is 10.0. The monoisotopic (exact) mass is 312 g/mol. The van der Waals surface area contributed by atoms with Crippen molar-refractivity contribution in [2.24, 2.45) is 5.92 Å². The Morgan fingerprint density at radius 1 is 1.28 bits per heavy atom. The summed E-state index contributed by atoms with van der Waals surface area (Å²) in [5.41, 5.74) is 2.61. The van der Waals surface area contributed by atoms with Gasteiger partial charge in [0.15, 0.2) is 0 Å². The van der Waals surface area contributed by atoms with Gasteiger partial charge in [0.25, 0.3) is 0 Å². The van der Waals surface area contributed by atoms with Crippen LogP contribution < -0.4 is 5.32 Å². The van der Waals surface area contributed by atoms with Crippen molar-refractivity contribution < 1.29 is 0 Å². The highest BCUT2D eigenvalue weighted by Gasteiger charge is 2.14. The summed E-state index contributed by atoms with van der Waals surface area (Å²) >= 11 is 3.58. The quantitative estimate of drug-likeness (QED) is 0.865. The molecule has 0 saturated heterocycles. The lowest BCUT2D eigenvalue weighted by Gasteiger charge is -2.28. The summed E-state index contributed by atoms with van der Waals surface area (Å²) in [6, 6.07) is 7.13. The van der Waals surface area contributed by atoms with Crippen LogP contribution in [0.25, 0.3) is 0 Å². The Balaban J connectivity index is 2.47. The summed E-state index contributed by atoms with van der Waals surface area (Å²) in [5, 5.41) is 3.55. The Morgan fingerprint density at radius 2 is 1.94 bits per heavy atom. The van der Waals surface area contributed by atoms with Gasteiger partial charge in [-0.05, 0) is 44.1 Å². The van der Waals surface area contributed by atoms with E-state index in [0.717, 1.165) is 13.1 Å². The van der Waals surface area contributed by atoms with E-state index in [4.69, 9.17) is 0 Å². The van der Waals surface area contributed by atoms with Crippen molar-refractivity contribution in [1.82, 2.24) is 10.2 Å². The maximum absolute atomic E-state index is 3.58. The fraction of sp³-hybridized carbons (Fsp3) is 0.600. The van der Waals surface area contributed by atoms with E-state index < -0.39 is 0 Å². The Kier molecular flexibility index (Phi) is 6.33. The van der Waals surface area contributed by atoms with Gasteiger partial charge in [-0.3, -0.25) is 0 Å². The molecule has 0 amide bonds. The van der Waals surface area contributed by atoms with Crippen LogP contribution >= 0.6 is 15.9 Å². The van der Waals surface area contributed by atoms with Crippen molar-refractivity contribution in [2.45, 2.75) is 33.4 Å². The molecule has 1 atom stereocenters. The zero-order valence-electron chi connectivity index (χ0n) is 12.1.